The first kappa shape index (κ1) is 23.1. The predicted octanol–water partition coefficient (Wildman–Crippen LogP) is 4.08. The van der Waals surface area contributed by atoms with Gasteiger partial charge in [0.05, 0.1) is 17.9 Å². The van der Waals surface area contributed by atoms with Crippen molar-refractivity contribution in [2.75, 3.05) is 31.2 Å². The summed E-state index contributed by atoms with van der Waals surface area (Å²) in [7, 11) is 0. The van der Waals surface area contributed by atoms with Gasteiger partial charge in [-0.1, -0.05) is 31.2 Å². The maximum absolute atomic E-state index is 13.8. The monoisotopic (exact) mass is 448 g/mol. The predicted molar refractivity (Wildman–Crippen MR) is 129 cm³/mol. The third-order valence-corrected chi connectivity index (χ3v) is 6.59. The van der Waals surface area contributed by atoms with E-state index in [4.69, 9.17) is 4.74 Å². The van der Waals surface area contributed by atoms with Crippen LogP contribution in [0.2, 0.25) is 0 Å². The van der Waals surface area contributed by atoms with Gasteiger partial charge in [0.2, 0.25) is 0 Å². The minimum Gasteiger partial charge on any atom is -0.494 e. The summed E-state index contributed by atoms with van der Waals surface area (Å²) in [5.41, 5.74) is 4.11. The Bertz CT molecular complexity index is 1070. The molecule has 2 aliphatic heterocycles. The SMILES string of the molecule is CCCOc1ccc(C2=C(N3CCCC(CO)C3)C(=O)N(c3cccc(C)c3C)C2=O)cc1. The highest BCUT2D eigenvalue weighted by Crippen LogP contribution is 2.38. The van der Waals surface area contributed by atoms with Crippen LogP contribution in [0.5, 0.6) is 5.75 Å². The molecule has 0 aromatic heterocycles. The standard InChI is InChI=1S/C27H32N2O4/c1-4-15-33-22-12-10-21(11-13-22)24-25(28-14-6-8-20(16-28)17-30)27(32)29(26(24)31)23-9-5-7-18(2)19(23)3/h5,7,9-13,20,30H,4,6,8,14-17H2,1-3H3. The number of nitrogens with zero attached hydrogens (tertiary/aromatic N) is 2. The molecule has 1 atom stereocenters. The van der Waals surface area contributed by atoms with Crippen molar-refractivity contribution < 1.29 is 19.4 Å². The van der Waals surface area contributed by atoms with Crippen molar-refractivity contribution in [2.24, 2.45) is 5.92 Å². The van der Waals surface area contributed by atoms with Crippen molar-refractivity contribution in [1.29, 1.82) is 0 Å². The molecule has 0 bridgehead atoms. The van der Waals surface area contributed by atoms with E-state index in [1.807, 2.05) is 68.1 Å². The number of piperidine rings is 1. The molecule has 4 rings (SSSR count). The Morgan fingerprint density at radius 3 is 2.52 bits per heavy atom. The number of likely N-dealkylation sites (tertiary alicyclic amines) is 1. The van der Waals surface area contributed by atoms with Crippen LogP contribution in [0, 0.1) is 19.8 Å². The molecule has 1 saturated heterocycles. The number of carbonyl (C=O) groups is 2. The molecule has 0 spiro atoms. The highest BCUT2D eigenvalue weighted by molar-refractivity contribution is 6.45. The number of aliphatic hydroxyl groups is 1. The Morgan fingerprint density at radius 1 is 1.06 bits per heavy atom. The van der Waals surface area contributed by atoms with Crippen LogP contribution in [0.3, 0.4) is 0 Å². The number of amides is 2. The second-order valence-corrected chi connectivity index (χ2v) is 8.90. The van der Waals surface area contributed by atoms with Crippen LogP contribution in [-0.2, 0) is 9.59 Å². The van der Waals surface area contributed by atoms with Gasteiger partial charge in [0.15, 0.2) is 0 Å². The van der Waals surface area contributed by atoms with Crippen molar-refractivity contribution in [3.8, 4) is 5.75 Å². The van der Waals surface area contributed by atoms with Crippen molar-refractivity contribution in [2.45, 2.75) is 40.0 Å². The summed E-state index contributed by atoms with van der Waals surface area (Å²) in [5.74, 6) is 0.227. The number of carbonyl (C=O) groups excluding carboxylic acids is 2. The van der Waals surface area contributed by atoms with Crippen LogP contribution in [0.25, 0.3) is 5.57 Å². The smallest absolute Gasteiger partial charge is 0.282 e. The molecule has 6 nitrogen and oxygen atoms in total. The van der Waals surface area contributed by atoms with Crippen LogP contribution in [0.15, 0.2) is 48.2 Å². The van der Waals surface area contributed by atoms with Crippen molar-refractivity contribution in [3.63, 3.8) is 0 Å². The number of hydrogen-bond acceptors (Lipinski definition) is 5. The summed E-state index contributed by atoms with van der Waals surface area (Å²) in [5, 5.41) is 9.73. The normalized spacial score (nSPS) is 19.0. The molecule has 0 saturated carbocycles. The molecule has 0 radical (unpaired) electrons. The third-order valence-electron chi connectivity index (χ3n) is 6.59. The highest BCUT2D eigenvalue weighted by atomic mass is 16.5. The van der Waals surface area contributed by atoms with E-state index < -0.39 is 0 Å². The van der Waals surface area contributed by atoms with Gasteiger partial charge in [0.1, 0.15) is 11.4 Å². The van der Waals surface area contributed by atoms with Crippen molar-refractivity contribution in [3.05, 3.63) is 64.9 Å². The Hall–Kier alpha value is -3.12. The van der Waals surface area contributed by atoms with Crippen LogP contribution in [-0.4, -0.2) is 48.1 Å². The first-order valence-electron chi connectivity index (χ1n) is 11.7. The molecule has 2 aromatic rings. The van der Waals surface area contributed by atoms with E-state index in [1.54, 1.807) is 0 Å². The van der Waals surface area contributed by atoms with E-state index >= 15 is 0 Å². The summed E-state index contributed by atoms with van der Waals surface area (Å²) in [6, 6.07) is 13.1. The summed E-state index contributed by atoms with van der Waals surface area (Å²) in [4.78, 5) is 30.9. The molecule has 1 N–H and O–H groups in total. The van der Waals surface area contributed by atoms with Crippen LogP contribution < -0.4 is 9.64 Å². The van der Waals surface area contributed by atoms with Crippen LogP contribution in [0.4, 0.5) is 5.69 Å². The molecule has 2 amide bonds. The second kappa shape index (κ2) is 9.79. The van der Waals surface area contributed by atoms with Crippen LogP contribution in [0.1, 0.15) is 42.9 Å². The van der Waals surface area contributed by atoms with E-state index in [1.165, 1.54) is 4.90 Å². The number of hydrogen-bond donors (Lipinski definition) is 1. The van der Waals surface area contributed by atoms with E-state index in [2.05, 4.69) is 0 Å². The van der Waals surface area contributed by atoms with E-state index in [9.17, 15) is 14.7 Å². The Balaban J connectivity index is 1.78. The average Bonchev–Trinajstić information content (AvgIpc) is 3.09. The lowest BCUT2D eigenvalue weighted by Gasteiger charge is -2.34. The van der Waals surface area contributed by atoms with Gasteiger partial charge >= 0.3 is 0 Å². The number of benzene rings is 2. The van der Waals surface area contributed by atoms with Gasteiger partial charge in [0, 0.05) is 19.7 Å². The zero-order valence-electron chi connectivity index (χ0n) is 19.6. The second-order valence-electron chi connectivity index (χ2n) is 8.90. The molecule has 174 valence electrons. The molecule has 6 heteroatoms. The van der Waals surface area contributed by atoms with E-state index in [0.29, 0.717) is 42.2 Å². The summed E-state index contributed by atoms with van der Waals surface area (Å²) in [6.45, 7) is 7.91. The Morgan fingerprint density at radius 2 is 1.82 bits per heavy atom. The van der Waals surface area contributed by atoms with Crippen LogP contribution >= 0.6 is 0 Å². The molecule has 0 aliphatic carbocycles. The number of rotatable bonds is 7. The van der Waals surface area contributed by atoms with Gasteiger partial charge in [-0.2, -0.15) is 0 Å². The number of anilines is 1. The van der Waals surface area contributed by atoms with Gasteiger partial charge in [0.25, 0.3) is 11.8 Å². The fraction of sp³-hybridized carbons (Fsp3) is 0.407. The Kier molecular flexibility index (Phi) is 6.84. The molecular formula is C27H32N2O4. The first-order valence-corrected chi connectivity index (χ1v) is 11.7. The zero-order chi connectivity index (χ0) is 23.5. The number of ether oxygens (including phenoxy) is 1. The molecule has 2 aromatic carbocycles. The molecule has 2 heterocycles. The topological polar surface area (TPSA) is 70.1 Å². The fourth-order valence-electron chi connectivity index (χ4n) is 4.62. The van der Waals surface area contributed by atoms with E-state index in [0.717, 1.165) is 36.1 Å². The highest BCUT2D eigenvalue weighted by Gasteiger charge is 2.43. The summed E-state index contributed by atoms with van der Waals surface area (Å²) >= 11 is 0. The number of imide groups is 1. The van der Waals surface area contributed by atoms with Gasteiger partial charge in [-0.3, -0.25) is 9.59 Å². The maximum atomic E-state index is 13.8. The number of aryl methyl sites for hydroxylation is 1. The maximum Gasteiger partial charge on any atom is 0.282 e. The number of aliphatic hydroxyl groups excluding tert-OH is 1. The molecule has 1 fully saturated rings. The van der Waals surface area contributed by atoms with Crippen molar-refractivity contribution in [1.82, 2.24) is 4.90 Å². The minimum absolute atomic E-state index is 0.0748. The summed E-state index contributed by atoms with van der Waals surface area (Å²) < 4.78 is 5.70. The Labute approximate surface area is 195 Å². The van der Waals surface area contributed by atoms with E-state index in [-0.39, 0.29) is 24.3 Å². The van der Waals surface area contributed by atoms with Gasteiger partial charge in [-0.05, 0) is 73.9 Å². The van der Waals surface area contributed by atoms with Gasteiger partial charge in [-0.25, -0.2) is 4.90 Å². The first-order chi connectivity index (χ1) is 16.0. The lowest BCUT2D eigenvalue weighted by molar-refractivity contribution is -0.120. The quantitative estimate of drug-likeness (QED) is 0.647. The zero-order valence-corrected chi connectivity index (χ0v) is 19.6. The molecule has 2 aliphatic rings. The third kappa shape index (κ3) is 4.40. The lowest BCUT2D eigenvalue weighted by Crippen LogP contribution is -2.40. The fourth-order valence-corrected chi connectivity index (χ4v) is 4.62. The van der Waals surface area contributed by atoms with Gasteiger partial charge < -0.3 is 14.7 Å². The van der Waals surface area contributed by atoms with Crippen molar-refractivity contribution >= 4 is 23.1 Å². The minimum atomic E-state index is -0.308. The molecule has 33 heavy (non-hydrogen) atoms. The van der Waals surface area contributed by atoms with Gasteiger partial charge in [-0.15, -0.1) is 0 Å². The lowest BCUT2D eigenvalue weighted by atomic mass is 9.97. The molecular weight excluding hydrogens is 416 g/mol. The summed E-state index contributed by atoms with van der Waals surface area (Å²) in [6.07, 6.45) is 2.70. The molecule has 1 unspecified atom stereocenters. The largest absolute Gasteiger partial charge is 0.494 e. The average molecular weight is 449 g/mol.